The molecule has 1 aromatic carbocycles. The Hall–Kier alpha value is -4.52. The van der Waals surface area contributed by atoms with Crippen molar-refractivity contribution in [3.8, 4) is 0 Å². The Morgan fingerprint density at radius 3 is 1.56 bits per heavy atom. The molecule has 1 aromatic rings. The number of hydrogen-bond donors (Lipinski definition) is 3. The van der Waals surface area contributed by atoms with Crippen molar-refractivity contribution in [3.63, 3.8) is 0 Å². The van der Waals surface area contributed by atoms with Crippen molar-refractivity contribution in [2.75, 3.05) is 66.9 Å². The van der Waals surface area contributed by atoms with E-state index < -0.39 is 69.0 Å². The minimum Gasteiger partial charge on any atom is -0.478 e. The number of methoxy groups -OCH3 is 5. The largest absolute Gasteiger partial charge is 0.478 e. The number of thioether (sulfide) groups is 1. The molecule has 0 saturated heterocycles. The maximum Gasteiger partial charge on any atom is 0.338 e. The molecule has 18 heteroatoms. The summed E-state index contributed by atoms with van der Waals surface area (Å²) in [7, 11) is 6.77. The molecule has 0 amide bonds. The number of aliphatic hydroxyl groups excluding tert-OH is 1. The number of carboxylic acid groups (broad SMARTS) is 2. The molecule has 0 aliphatic heterocycles. The van der Waals surface area contributed by atoms with Crippen LogP contribution in [0.1, 0.15) is 89.4 Å². The van der Waals surface area contributed by atoms with Crippen LogP contribution in [0.5, 0.6) is 0 Å². The van der Waals surface area contributed by atoms with E-state index in [1.165, 1.54) is 14.0 Å². The lowest BCUT2D eigenvalue weighted by Crippen LogP contribution is -2.31. The van der Waals surface area contributed by atoms with Gasteiger partial charge in [-0.05, 0) is 53.2 Å². The number of ether oxygens (including phenoxy) is 7. The van der Waals surface area contributed by atoms with E-state index in [0.29, 0.717) is 24.8 Å². The average Bonchev–Trinajstić information content (AvgIpc) is 3.13. The van der Waals surface area contributed by atoms with E-state index in [4.69, 9.17) is 33.9 Å². The van der Waals surface area contributed by atoms with Gasteiger partial charge in [-0.1, -0.05) is 13.5 Å². The van der Waals surface area contributed by atoms with Crippen molar-refractivity contribution in [3.05, 3.63) is 46.5 Å². The monoisotopic (exact) mass is 790 g/mol. The molecular weight excluding hydrogens is 736 g/mol. The molecule has 0 aliphatic rings. The van der Waals surface area contributed by atoms with Crippen LogP contribution in [-0.4, -0.2) is 136 Å². The van der Waals surface area contributed by atoms with Gasteiger partial charge < -0.3 is 48.5 Å². The third-order valence-corrected chi connectivity index (χ3v) is 8.75. The third-order valence-electron chi connectivity index (χ3n) is 7.22. The van der Waals surface area contributed by atoms with Gasteiger partial charge in [-0.3, -0.25) is 9.59 Å². The van der Waals surface area contributed by atoms with Gasteiger partial charge in [0, 0.05) is 31.3 Å². The van der Waals surface area contributed by atoms with Crippen LogP contribution >= 0.6 is 11.8 Å². The first-order valence-electron chi connectivity index (χ1n) is 16.2. The molecule has 2 atom stereocenters. The Labute approximate surface area is 319 Å². The summed E-state index contributed by atoms with van der Waals surface area (Å²) in [5.41, 5.74) is -2.82. The molecule has 0 aliphatic carbocycles. The Morgan fingerprint density at radius 2 is 1.19 bits per heavy atom. The third kappa shape index (κ3) is 18.5. The highest BCUT2D eigenvalue weighted by Crippen LogP contribution is 2.24. The molecule has 0 aromatic heterocycles. The number of rotatable bonds is 19. The van der Waals surface area contributed by atoms with Crippen LogP contribution in [0.2, 0.25) is 0 Å². The van der Waals surface area contributed by atoms with E-state index in [1.807, 2.05) is 20.8 Å². The van der Waals surface area contributed by atoms with Gasteiger partial charge in [0.15, 0.2) is 0 Å². The van der Waals surface area contributed by atoms with Gasteiger partial charge in [-0.2, -0.15) is 11.8 Å². The van der Waals surface area contributed by atoms with Crippen molar-refractivity contribution in [2.24, 2.45) is 10.8 Å². The standard InChI is InChI=1S/C13H22O5.C12H10O8.C11H22O4S/c1-6-13(4,5)12(16)18-8-10(14)7-17-11(15)9(2)3;1-19-11(17)7-4-8(12(18)20-2)6(10(15)16)3-5(7)9(13)14;1-11(2,10(12)15-5)8-16-7-9(14-4)6-13-3/h10,14H,2,6-8H2,1,3-5H3;3-4H,1-2H3,(H,13,14)(H,15,16);9H,6-8H2,1-5H3. The predicted octanol–water partition coefficient (Wildman–Crippen LogP) is 3.68. The summed E-state index contributed by atoms with van der Waals surface area (Å²) in [5.74, 6) is -4.68. The molecule has 2 unspecified atom stereocenters. The summed E-state index contributed by atoms with van der Waals surface area (Å²) >= 11 is 1.67. The van der Waals surface area contributed by atoms with Crippen LogP contribution in [0.3, 0.4) is 0 Å². The van der Waals surface area contributed by atoms with Gasteiger partial charge in [0.25, 0.3) is 0 Å². The second-order valence-corrected chi connectivity index (χ2v) is 13.6. The van der Waals surface area contributed by atoms with E-state index in [-0.39, 0.29) is 36.8 Å². The quantitative estimate of drug-likeness (QED) is 0.103. The SMILES string of the molecule is C=C(C)C(=O)OCC(O)COC(=O)C(C)(C)CC.COC(=O)c1cc(C(=O)OC)c(C(=O)O)cc1C(=O)O.COCC(CSCC(C)(C)C(=O)OC)OC. The van der Waals surface area contributed by atoms with Crippen molar-refractivity contribution in [1.29, 1.82) is 0 Å². The molecule has 54 heavy (non-hydrogen) atoms. The van der Waals surface area contributed by atoms with Gasteiger partial charge in [0.2, 0.25) is 0 Å². The number of aliphatic hydroxyl groups is 1. The van der Waals surface area contributed by atoms with Crippen LogP contribution < -0.4 is 0 Å². The van der Waals surface area contributed by atoms with Crippen LogP contribution in [-0.2, 0) is 47.5 Å². The topological polar surface area (TPSA) is 245 Å². The first-order valence-corrected chi connectivity index (χ1v) is 17.3. The molecule has 0 fully saturated rings. The number of carboxylic acids is 2. The first-order chi connectivity index (χ1) is 25.0. The van der Waals surface area contributed by atoms with Gasteiger partial charge in [0.1, 0.15) is 19.3 Å². The van der Waals surface area contributed by atoms with Crippen LogP contribution in [0.25, 0.3) is 0 Å². The molecule has 17 nitrogen and oxygen atoms in total. The molecule has 0 radical (unpaired) electrons. The zero-order chi connectivity index (χ0) is 42.4. The Balaban J connectivity index is 0. The highest BCUT2D eigenvalue weighted by Gasteiger charge is 2.30. The Kier molecular flexibility index (Phi) is 24.4. The van der Waals surface area contributed by atoms with Gasteiger partial charge >= 0.3 is 41.8 Å². The summed E-state index contributed by atoms with van der Waals surface area (Å²) in [6, 6.07) is 1.54. The fraction of sp³-hybridized carbons (Fsp3) is 0.583. The van der Waals surface area contributed by atoms with Crippen molar-refractivity contribution >= 4 is 53.5 Å². The highest BCUT2D eigenvalue weighted by molar-refractivity contribution is 7.99. The Bertz CT molecular complexity index is 1400. The molecule has 0 spiro atoms. The lowest BCUT2D eigenvalue weighted by atomic mass is 9.91. The lowest BCUT2D eigenvalue weighted by Gasteiger charge is -2.22. The number of esters is 5. The van der Waals surface area contributed by atoms with E-state index in [2.05, 4.69) is 16.1 Å². The normalized spacial score (nSPS) is 11.9. The average molecular weight is 791 g/mol. The number of hydrogen-bond acceptors (Lipinski definition) is 16. The van der Waals surface area contributed by atoms with E-state index in [0.717, 1.165) is 26.0 Å². The first kappa shape index (κ1) is 51.6. The molecule has 1 rings (SSSR count). The summed E-state index contributed by atoms with van der Waals surface area (Å²) in [6.07, 6.45) is -0.305. The van der Waals surface area contributed by atoms with Crippen molar-refractivity contribution in [2.45, 2.75) is 60.2 Å². The number of benzene rings is 1. The molecular formula is C36H54O17S. The number of carbonyl (C=O) groups excluding carboxylic acids is 5. The zero-order valence-electron chi connectivity index (χ0n) is 32.7. The fourth-order valence-electron chi connectivity index (χ4n) is 3.52. The van der Waals surface area contributed by atoms with Crippen molar-refractivity contribution < 1.29 is 82.0 Å². The zero-order valence-corrected chi connectivity index (χ0v) is 33.5. The van der Waals surface area contributed by atoms with Crippen LogP contribution in [0, 0.1) is 10.8 Å². The van der Waals surface area contributed by atoms with Crippen LogP contribution in [0.4, 0.5) is 0 Å². The highest BCUT2D eigenvalue weighted by atomic mass is 32.2. The van der Waals surface area contributed by atoms with Crippen molar-refractivity contribution in [1.82, 2.24) is 0 Å². The van der Waals surface area contributed by atoms with Gasteiger partial charge in [0.05, 0.1) is 67.1 Å². The fourth-order valence-corrected chi connectivity index (χ4v) is 4.76. The lowest BCUT2D eigenvalue weighted by molar-refractivity contribution is -0.159. The summed E-state index contributed by atoms with van der Waals surface area (Å²) in [5, 5.41) is 27.5. The van der Waals surface area contributed by atoms with E-state index in [9.17, 15) is 38.7 Å². The van der Waals surface area contributed by atoms with Gasteiger partial charge in [-0.15, -0.1) is 0 Å². The second kappa shape index (κ2) is 25.5. The van der Waals surface area contributed by atoms with Crippen LogP contribution in [0.15, 0.2) is 24.3 Å². The minimum absolute atomic E-state index is 0.0726. The number of carbonyl (C=O) groups is 7. The summed E-state index contributed by atoms with van der Waals surface area (Å²) in [4.78, 5) is 79.2. The molecule has 306 valence electrons. The molecule has 3 N–H and O–H groups in total. The smallest absolute Gasteiger partial charge is 0.338 e. The predicted molar refractivity (Wildman–Crippen MR) is 196 cm³/mol. The maximum absolute atomic E-state index is 11.6. The number of aromatic carboxylic acids is 2. The summed E-state index contributed by atoms with van der Waals surface area (Å²) < 4.78 is 33.5. The molecule has 0 heterocycles. The maximum atomic E-state index is 11.6. The molecule has 0 saturated carbocycles. The van der Waals surface area contributed by atoms with E-state index >= 15 is 0 Å². The Morgan fingerprint density at radius 1 is 0.722 bits per heavy atom. The molecule has 0 bridgehead atoms. The van der Waals surface area contributed by atoms with E-state index in [1.54, 1.807) is 39.8 Å². The second-order valence-electron chi connectivity index (χ2n) is 12.6. The summed E-state index contributed by atoms with van der Waals surface area (Å²) in [6.45, 7) is 14.3. The van der Waals surface area contributed by atoms with Gasteiger partial charge in [-0.25, -0.2) is 24.0 Å². The minimum atomic E-state index is -1.52.